The van der Waals surface area contributed by atoms with Crippen LogP contribution in [0.4, 0.5) is 13.2 Å². The number of halogens is 5. The van der Waals surface area contributed by atoms with E-state index in [1.807, 2.05) is 0 Å². The predicted molar refractivity (Wildman–Crippen MR) is 109 cm³/mol. The summed E-state index contributed by atoms with van der Waals surface area (Å²) in [5, 5.41) is 13.5. The molecule has 4 nitrogen and oxygen atoms in total. The van der Waals surface area contributed by atoms with Gasteiger partial charge < -0.3 is 9.94 Å². The summed E-state index contributed by atoms with van der Waals surface area (Å²) in [6.45, 7) is 1.61. The Morgan fingerprint density at radius 2 is 1.80 bits per heavy atom. The number of aromatic carboxylic acids is 1. The van der Waals surface area contributed by atoms with Crippen molar-refractivity contribution in [2.45, 2.75) is 50.8 Å². The number of carboxylic acids is 1. The van der Waals surface area contributed by atoms with Crippen LogP contribution >= 0.6 is 34.5 Å². The van der Waals surface area contributed by atoms with Gasteiger partial charge in [0.25, 0.3) is 5.60 Å². The van der Waals surface area contributed by atoms with Crippen molar-refractivity contribution in [3.8, 4) is 0 Å². The Morgan fingerprint density at radius 1 is 1.20 bits per heavy atom. The molecule has 4 rings (SSSR count). The van der Waals surface area contributed by atoms with Crippen LogP contribution in [-0.2, 0) is 23.3 Å². The van der Waals surface area contributed by atoms with Gasteiger partial charge in [-0.05, 0) is 61.4 Å². The first-order valence-electron chi connectivity index (χ1n) is 9.21. The smallest absolute Gasteiger partial charge is 0.435 e. The van der Waals surface area contributed by atoms with Gasteiger partial charge in [-0.1, -0.05) is 28.4 Å². The zero-order valence-corrected chi connectivity index (χ0v) is 18.0. The lowest BCUT2D eigenvalue weighted by Gasteiger charge is -2.30. The molecular formula is C20H16Cl2F3NO3S. The topological polar surface area (TPSA) is 58.9 Å². The molecule has 1 aromatic carbocycles. The van der Waals surface area contributed by atoms with Gasteiger partial charge in [0.15, 0.2) is 0 Å². The second-order valence-electron chi connectivity index (χ2n) is 7.43. The minimum absolute atomic E-state index is 0.0933. The van der Waals surface area contributed by atoms with Crippen LogP contribution in [0, 0.1) is 6.92 Å². The van der Waals surface area contributed by atoms with Crippen LogP contribution in [0.5, 0.6) is 0 Å². The molecule has 1 aromatic heterocycles. The number of carboxylic acid groups (broad SMARTS) is 1. The highest BCUT2D eigenvalue weighted by Gasteiger charge is 2.62. The fourth-order valence-corrected chi connectivity index (χ4v) is 5.64. The van der Waals surface area contributed by atoms with Crippen LogP contribution in [0.3, 0.4) is 0 Å². The Hall–Kier alpha value is -1.77. The summed E-state index contributed by atoms with van der Waals surface area (Å²) in [5.41, 5.74) is -0.949. The lowest BCUT2D eigenvalue weighted by molar-refractivity contribution is -0.275. The first-order chi connectivity index (χ1) is 14.0. The maximum Gasteiger partial charge on any atom is 0.435 e. The summed E-state index contributed by atoms with van der Waals surface area (Å²) in [4.78, 5) is 17.3. The number of hydrogen-bond acceptors (Lipinski definition) is 4. The van der Waals surface area contributed by atoms with Gasteiger partial charge in [-0.3, -0.25) is 0 Å². The molecule has 0 fully saturated rings. The van der Waals surface area contributed by atoms with E-state index in [0.717, 1.165) is 29.7 Å². The molecule has 1 aliphatic carbocycles. The number of hydrogen-bond donors (Lipinski definition) is 1. The van der Waals surface area contributed by atoms with E-state index in [0.29, 0.717) is 28.8 Å². The summed E-state index contributed by atoms with van der Waals surface area (Å²) >= 11 is 13.1. The van der Waals surface area contributed by atoms with Crippen LogP contribution in [-0.4, -0.2) is 23.0 Å². The van der Waals surface area contributed by atoms with Crippen LogP contribution in [0.2, 0.25) is 10.0 Å². The molecule has 0 spiro atoms. The fraction of sp³-hybridized carbons (Fsp3) is 0.400. The molecule has 0 radical (unpaired) electrons. The third-order valence-electron chi connectivity index (χ3n) is 5.61. The van der Waals surface area contributed by atoms with Crippen molar-refractivity contribution >= 4 is 46.2 Å². The zero-order valence-electron chi connectivity index (χ0n) is 15.7. The molecule has 30 heavy (non-hydrogen) atoms. The Morgan fingerprint density at radius 3 is 2.37 bits per heavy atom. The summed E-state index contributed by atoms with van der Waals surface area (Å²) in [7, 11) is 0. The Labute approximate surface area is 184 Å². The SMILES string of the molecule is Cc1c(Cl)cc(C2(C(F)(F)F)CC(c3sc(C(=O)O)c4c3CCCC4)=NO2)cc1Cl. The average Bonchev–Trinajstić information content (AvgIpc) is 3.28. The molecule has 10 heteroatoms. The van der Waals surface area contributed by atoms with Gasteiger partial charge in [-0.15, -0.1) is 11.3 Å². The van der Waals surface area contributed by atoms with Crippen LogP contribution in [0.15, 0.2) is 17.3 Å². The summed E-state index contributed by atoms with van der Waals surface area (Å²) in [6.07, 6.45) is -2.49. The standard InChI is InChI=1S/C20H16Cl2F3NO3S/c1-9-13(21)6-10(7-14(9)22)19(20(23,24)25)8-15(26-29-19)16-11-4-2-3-5-12(11)17(30-16)18(27)28/h6-7H,2-5,8H2,1H3,(H,27,28). The van der Waals surface area contributed by atoms with E-state index in [1.165, 1.54) is 12.1 Å². The van der Waals surface area contributed by atoms with Crippen molar-refractivity contribution in [2.75, 3.05) is 0 Å². The highest BCUT2D eigenvalue weighted by molar-refractivity contribution is 7.16. The van der Waals surface area contributed by atoms with Gasteiger partial charge in [-0.25, -0.2) is 4.79 Å². The van der Waals surface area contributed by atoms with E-state index in [1.54, 1.807) is 6.92 Å². The molecule has 0 saturated carbocycles. The quantitative estimate of drug-likeness (QED) is 0.546. The maximum absolute atomic E-state index is 14.3. The van der Waals surface area contributed by atoms with Crippen molar-refractivity contribution in [1.82, 2.24) is 0 Å². The normalized spacial score (nSPS) is 21.2. The third-order valence-corrected chi connectivity index (χ3v) is 7.71. The molecule has 2 aliphatic rings. The summed E-state index contributed by atoms with van der Waals surface area (Å²) in [5.74, 6) is -1.08. The van der Waals surface area contributed by atoms with E-state index >= 15 is 0 Å². The molecule has 1 unspecified atom stereocenters. The average molecular weight is 478 g/mol. The van der Waals surface area contributed by atoms with Gasteiger partial charge in [0, 0.05) is 15.6 Å². The minimum Gasteiger partial charge on any atom is -0.477 e. The Kier molecular flexibility index (Phi) is 5.31. The molecule has 1 aliphatic heterocycles. The number of thiophene rings is 1. The molecule has 0 amide bonds. The molecule has 0 saturated heterocycles. The number of benzene rings is 1. The van der Waals surface area contributed by atoms with Gasteiger partial charge in [0.1, 0.15) is 10.6 Å². The molecular weight excluding hydrogens is 462 g/mol. The Bertz CT molecular complexity index is 1060. The molecule has 160 valence electrons. The lowest BCUT2D eigenvalue weighted by Crippen LogP contribution is -2.42. The maximum atomic E-state index is 14.3. The van der Waals surface area contributed by atoms with E-state index in [2.05, 4.69) is 5.16 Å². The van der Waals surface area contributed by atoms with Crippen molar-refractivity contribution in [3.05, 3.63) is 54.2 Å². The summed E-state index contributed by atoms with van der Waals surface area (Å²) in [6, 6.07) is 2.39. The van der Waals surface area contributed by atoms with Crippen LogP contribution < -0.4 is 0 Å². The number of carbonyl (C=O) groups is 1. The number of alkyl halides is 3. The highest BCUT2D eigenvalue weighted by Crippen LogP contribution is 2.51. The molecule has 2 aromatic rings. The van der Waals surface area contributed by atoms with Crippen molar-refractivity contribution in [2.24, 2.45) is 5.16 Å². The van der Waals surface area contributed by atoms with E-state index < -0.39 is 24.2 Å². The van der Waals surface area contributed by atoms with E-state index in [9.17, 15) is 23.1 Å². The fourth-order valence-electron chi connectivity index (χ4n) is 3.94. The highest BCUT2D eigenvalue weighted by atomic mass is 35.5. The number of nitrogens with zero attached hydrogens (tertiary/aromatic N) is 1. The first-order valence-corrected chi connectivity index (χ1v) is 10.8. The van der Waals surface area contributed by atoms with Crippen molar-refractivity contribution in [3.63, 3.8) is 0 Å². The third kappa shape index (κ3) is 3.29. The van der Waals surface area contributed by atoms with Crippen LogP contribution in [0.1, 0.15) is 56.1 Å². The Balaban J connectivity index is 1.80. The van der Waals surface area contributed by atoms with E-state index in [4.69, 9.17) is 28.0 Å². The van der Waals surface area contributed by atoms with Gasteiger partial charge in [-0.2, -0.15) is 13.2 Å². The number of oxime groups is 1. The second-order valence-corrected chi connectivity index (χ2v) is 9.26. The molecule has 1 N–H and O–H groups in total. The molecule has 1 atom stereocenters. The van der Waals surface area contributed by atoms with Gasteiger partial charge in [0.2, 0.25) is 0 Å². The van der Waals surface area contributed by atoms with Crippen LogP contribution in [0.25, 0.3) is 0 Å². The zero-order chi connectivity index (χ0) is 21.8. The number of rotatable bonds is 3. The summed E-state index contributed by atoms with van der Waals surface area (Å²) < 4.78 is 42.8. The van der Waals surface area contributed by atoms with Crippen molar-refractivity contribution < 1.29 is 27.9 Å². The second kappa shape index (κ2) is 7.43. The lowest BCUT2D eigenvalue weighted by atomic mass is 9.85. The molecule has 0 bridgehead atoms. The first kappa shape index (κ1) is 21.5. The van der Waals surface area contributed by atoms with E-state index in [-0.39, 0.29) is 26.2 Å². The monoisotopic (exact) mass is 477 g/mol. The van der Waals surface area contributed by atoms with Gasteiger partial charge >= 0.3 is 12.1 Å². The van der Waals surface area contributed by atoms with Crippen molar-refractivity contribution in [1.29, 1.82) is 0 Å². The number of fused-ring (bicyclic) bond motifs is 1. The predicted octanol–water partition coefficient (Wildman–Crippen LogP) is 6.52. The minimum atomic E-state index is -4.80. The largest absolute Gasteiger partial charge is 0.477 e. The van der Waals surface area contributed by atoms with Gasteiger partial charge in [0.05, 0.1) is 11.3 Å². The molecule has 2 heterocycles.